The fraction of sp³-hybridized carbons (Fsp3) is 0. The maximum Gasteiger partial charge on any atom is 0.0886 e. The smallest absolute Gasteiger partial charge is 0.0886 e. The lowest BCUT2D eigenvalue weighted by molar-refractivity contribution is 1.25. The van der Waals surface area contributed by atoms with Gasteiger partial charge in [0, 0.05) is 35.0 Å². The van der Waals surface area contributed by atoms with Crippen LogP contribution < -0.4 is 4.90 Å². The van der Waals surface area contributed by atoms with E-state index < -0.39 is 0 Å². The van der Waals surface area contributed by atoms with E-state index in [1.54, 1.807) is 6.20 Å². The second-order valence-corrected chi connectivity index (χ2v) is 11.8. The van der Waals surface area contributed by atoms with E-state index in [0.717, 1.165) is 39.6 Å². The summed E-state index contributed by atoms with van der Waals surface area (Å²) in [6.07, 6.45) is 3.72. The molecule has 3 heteroatoms. The molecule has 0 unspecified atom stereocenters. The second-order valence-electron chi connectivity index (χ2n) is 11.8. The minimum Gasteiger partial charge on any atom is -0.310 e. The van der Waals surface area contributed by atoms with Gasteiger partial charge in [-0.1, -0.05) is 109 Å². The summed E-state index contributed by atoms with van der Waals surface area (Å²) < 4.78 is 0. The molecule has 2 heterocycles. The number of anilines is 3. The first-order valence-corrected chi connectivity index (χ1v) is 15.9. The number of hydrogen-bond acceptors (Lipinski definition) is 3. The van der Waals surface area contributed by atoms with Crippen molar-refractivity contribution in [1.82, 2.24) is 9.97 Å². The third kappa shape index (κ3) is 4.68. The standard InChI is InChI=1S/C44H29N3/c1-2-11-33(12-3-1)47(34-22-19-30(20-23-34)32-21-26-43(46-29-32)42-18-6-7-27-45-42)35-13-8-10-31(28-35)36-24-25-41-38-15-5-4-14-37(38)40-17-9-16-39(36)44(40)41/h1-29H. The summed E-state index contributed by atoms with van der Waals surface area (Å²) in [5.74, 6) is 0. The van der Waals surface area contributed by atoms with Gasteiger partial charge in [0.25, 0.3) is 0 Å². The van der Waals surface area contributed by atoms with Crippen LogP contribution in [0.25, 0.3) is 66.7 Å². The predicted octanol–water partition coefficient (Wildman–Crippen LogP) is 11.7. The topological polar surface area (TPSA) is 29.0 Å². The molecule has 2 aromatic heterocycles. The number of rotatable bonds is 6. The summed E-state index contributed by atoms with van der Waals surface area (Å²) in [4.78, 5) is 11.4. The van der Waals surface area contributed by atoms with Gasteiger partial charge in [0.05, 0.1) is 11.4 Å². The second kappa shape index (κ2) is 11.2. The number of hydrogen-bond donors (Lipinski definition) is 0. The van der Waals surface area contributed by atoms with E-state index in [4.69, 9.17) is 4.98 Å². The van der Waals surface area contributed by atoms with Crippen LogP contribution in [0, 0.1) is 0 Å². The number of aromatic nitrogens is 2. The normalized spacial score (nSPS) is 11.4. The van der Waals surface area contributed by atoms with Crippen molar-refractivity contribution >= 4 is 27.8 Å². The number of pyridine rings is 2. The van der Waals surface area contributed by atoms with Gasteiger partial charge in [-0.3, -0.25) is 9.97 Å². The molecule has 0 N–H and O–H groups in total. The van der Waals surface area contributed by atoms with Crippen molar-refractivity contribution in [1.29, 1.82) is 0 Å². The summed E-state index contributed by atoms with van der Waals surface area (Å²) in [5.41, 5.74) is 14.9. The maximum absolute atomic E-state index is 4.69. The largest absolute Gasteiger partial charge is 0.310 e. The van der Waals surface area contributed by atoms with E-state index in [1.165, 1.54) is 44.2 Å². The summed E-state index contributed by atoms with van der Waals surface area (Å²) in [5, 5.41) is 2.63. The van der Waals surface area contributed by atoms with Gasteiger partial charge in [-0.15, -0.1) is 0 Å². The van der Waals surface area contributed by atoms with Crippen LogP contribution in [0.2, 0.25) is 0 Å². The highest BCUT2D eigenvalue weighted by Gasteiger charge is 2.22. The van der Waals surface area contributed by atoms with Crippen molar-refractivity contribution in [2.24, 2.45) is 0 Å². The Labute approximate surface area is 274 Å². The lowest BCUT2D eigenvalue weighted by atomic mass is 9.94. The zero-order valence-corrected chi connectivity index (χ0v) is 25.6. The van der Waals surface area contributed by atoms with E-state index in [1.807, 2.05) is 30.5 Å². The highest BCUT2D eigenvalue weighted by Crippen LogP contribution is 2.49. The molecule has 1 aliphatic rings. The minimum atomic E-state index is 0.867. The molecule has 220 valence electrons. The molecule has 0 fully saturated rings. The van der Waals surface area contributed by atoms with Crippen LogP contribution in [0.3, 0.4) is 0 Å². The Morgan fingerprint density at radius 3 is 1.77 bits per heavy atom. The fourth-order valence-corrected chi connectivity index (χ4v) is 6.93. The molecule has 0 aliphatic heterocycles. The average molecular weight is 600 g/mol. The van der Waals surface area contributed by atoms with Crippen molar-refractivity contribution in [2.45, 2.75) is 0 Å². The number of nitrogens with zero attached hydrogens (tertiary/aromatic N) is 3. The van der Waals surface area contributed by atoms with Crippen LogP contribution in [-0.4, -0.2) is 9.97 Å². The molecule has 1 aliphatic carbocycles. The maximum atomic E-state index is 4.69. The van der Waals surface area contributed by atoms with Gasteiger partial charge in [-0.2, -0.15) is 0 Å². The quantitative estimate of drug-likeness (QED) is 0.190. The van der Waals surface area contributed by atoms with Gasteiger partial charge >= 0.3 is 0 Å². The molecule has 6 aromatic carbocycles. The van der Waals surface area contributed by atoms with Crippen LogP contribution in [0.1, 0.15) is 0 Å². The molecule has 0 bridgehead atoms. The monoisotopic (exact) mass is 599 g/mol. The van der Waals surface area contributed by atoms with Crippen LogP contribution in [0.4, 0.5) is 17.1 Å². The van der Waals surface area contributed by atoms with E-state index in [-0.39, 0.29) is 0 Å². The molecule has 0 saturated heterocycles. The SMILES string of the molecule is c1ccc(N(c2ccc(-c3ccc(-c4ccccn4)nc3)cc2)c2cccc(-c3ccc4c5c(cccc35)-c3ccccc3-4)c2)cc1. The Balaban J connectivity index is 1.10. The minimum absolute atomic E-state index is 0.867. The molecule has 0 spiro atoms. The average Bonchev–Trinajstić information content (AvgIpc) is 3.48. The van der Waals surface area contributed by atoms with Gasteiger partial charge < -0.3 is 4.90 Å². The first kappa shape index (κ1) is 27.0. The molecule has 0 amide bonds. The van der Waals surface area contributed by atoms with Gasteiger partial charge in [-0.25, -0.2) is 0 Å². The van der Waals surface area contributed by atoms with E-state index in [9.17, 15) is 0 Å². The van der Waals surface area contributed by atoms with Crippen LogP contribution >= 0.6 is 0 Å². The fourth-order valence-electron chi connectivity index (χ4n) is 6.93. The number of fused-ring (bicyclic) bond motifs is 3. The van der Waals surface area contributed by atoms with Gasteiger partial charge in [0.2, 0.25) is 0 Å². The molecule has 8 aromatic rings. The van der Waals surface area contributed by atoms with E-state index in [2.05, 4.69) is 149 Å². The summed E-state index contributed by atoms with van der Waals surface area (Å²) in [6.45, 7) is 0. The Morgan fingerprint density at radius 2 is 1.00 bits per heavy atom. The summed E-state index contributed by atoms with van der Waals surface area (Å²) >= 11 is 0. The summed E-state index contributed by atoms with van der Waals surface area (Å²) in [7, 11) is 0. The highest BCUT2D eigenvalue weighted by atomic mass is 15.1. The molecule has 9 rings (SSSR count). The molecular weight excluding hydrogens is 571 g/mol. The Hall–Kier alpha value is -6.32. The Bertz CT molecular complexity index is 2350. The molecule has 0 atom stereocenters. The summed E-state index contributed by atoms with van der Waals surface area (Å²) in [6, 6.07) is 58.3. The van der Waals surface area contributed by atoms with E-state index in [0.29, 0.717) is 0 Å². The predicted molar refractivity (Wildman–Crippen MR) is 195 cm³/mol. The Morgan fingerprint density at radius 1 is 0.362 bits per heavy atom. The molecule has 0 radical (unpaired) electrons. The number of para-hydroxylation sites is 1. The van der Waals surface area contributed by atoms with Gasteiger partial charge in [-0.05, 0) is 104 Å². The zero-order valence-electron chi connectivity index (χ0n) is 25.6. The third-order valence-corrected chi connectivity index (χ3v) is 9.13. The lowest BCUT2D eigenvalue weighted by Crippen LogP contribution is -2.09. The van der Waals surface area contributed by atoms with Crippen molar-refractivity contribution in [3.05, 3.63) is 176 Å². The van der Waals surface area contributed by atoms with Crippen molar-refractivity contribution in [3.8, 4) is 55.9 Å². The van der Waals surface area contributed by atoms with Crippen LogP contribution in [0.15, 0.2) is 176 Å². The first-order valence-electron chi connectivity index (χ1n) is 15.9. The zero-order chi connectivity index (χ0) is 31.2. The Kier molecular flexibility index (Phi) is 6.46. The van der Waals surface area contributed by atoms with Gasteiger partial charge in [0.15, 0.2) is 0 Å². The molecular formula is C44H29N3. The van der Waals surface area contributed by atoms with E-state index >= 15 is 0 Å². The third-order valence-electron chi connectivity index (χ3n) is 9.13. The molecule has 3 nitrogen and oxygen atoms in total. The van der Waals surface area contributed by atoms with Crippen molar-refractivity contribution in [3.63, 3.8) is 0 Å². The van der Waals surface area contributed by atoms with Crippen LogP contribution in [0.5, 0.6) is 0 Å². The van der Waals surface area contributed by atoms with Crippen LogP contribution in [-0.2, 0) is 0 Å². The number of benzene rings is 6. The first-order chi connectivity index (χ1) is 23.3. The van der Waals surface area contributed by atoms with Crippen molar-refractivity contribution in [2.75, 3.05) is 4.90 Å². The highest BCUT2D eigenvalue weighted by molar-refractivity contribution is 6.18. The molecule has 47 heavy (non-hydrogen) atoms. The molecule has 0 saturated carbocycles. The van der Waals surface area contributed by atoms with Crippen molar-refractivity contribution < 1.29 is 0 Å². The van der Waals surface area contributed by atoms with Gasteiger partial charge in [0.1, 0.15) is 0 Å². The lowest BCUT2D eigenvalue weighted by Gasteiger charge is -2.26.